The lowest BCUT2D eigenvalue weighted by molar-refractivity contribution is -0.385. The Hall–Kier alpha value is -2.74. The number of aromatic amines is 1. The minimum Gasteiger partial charge on any atom is -0.374 e. The smallest absolute Gasteiger partial charge is 0.322 e. The first-order chi connectivity index (χ1) is 11.5. The van der Waals surface area contributed by atoms with E-state index in [1.165, 1.54) is 6.92 Å². The van der Waals surface area contributed by atoms with E-state index in [2.05, 4.69) is 10.2 Å². The number of nitrogens with one attached hydrogen (secondary N) is 1. The maximum Gasteiger partial charge on any atom is 0.322 e. The topological polar surface area (TPSA) is 101 Å². The van der Waals surface area contributed by atoms with Crippen molar-refractivity contribution in [1.29, 1.82) is 0 Å². The minimum atomic E-state index is -0.576. The van der Waals surface area contributed by atoms with Crippen LogP contribution in [0.4, 0.5) is 5.69 Å². The summed E-state index contributed by atoms with van der Waals surface area (Å²) in [5.74, 6) is -0.463. The van der Waals surface area contributed by atoms with Crippen molar-refractivity contribution in [3.63, 3.8) is 0 Å². The van der Waals surface area contributed by atoms with Crippen molar-refractivity contribution in [2.45, 2.75) is 26.0 Å². The largest absolute Gasteiger partial charge is 0.374 e. The molecular formula is C16H18N4O4. The number of benzene rings is 1. The Kier molecular flexibility index (Phi) is 4.30. The Morgan fingerprint density at radius 1 is 1.42 bits per heavy atom. The lowest BCUT2D eigenvalue weighted by Crippen LogP contribution is -2.47. The van der Waals surface area contributed by atoms with E-state index in [4.69, 9.17) is 4.74 Å². The van der Waals surface area contributed by atoms with E-state index < -0.39 is 10.8 Å². The molecule has 1 N–H and O–H groups in total. The van der Waals surface area contributed by atoms with Crippen LogP contribution in [0.25, 0.3) is 0 Å². The monoisotopic (exact) mass is 330 g/mol. The van der Waals surface area contributed by atoms with E-state index >= 15 is 0 Å². The molecule has 24 heavy (non-hydrogen) atoms. The van der Waals surface area contributed by atoms with Gasteiger partial charge < -0.3 is 9.64 Å². The summed E-state index contributed by atoms with van der Waals surface area (Å²) in [6.45, 7) is 4.08. The van der Waals surface area contributed by atoms with Crippen molar-refractivity contribution >= 4 is 11.6 Å². The molecule has 2 atom stereocenters. The lowest BCUT2D eigenvalue weighted by atomic mass is 10.0. The molecule has 0 saturated carbocycles. The highest BCUT2D eigenvalue weighted by Gasteiger charge is 2.37. The molecule has 3 rings (SSSR count). The van der Waals surface area contributed by atoms with Crippen LogP contribution >= 0.6 is 0 Å². The molecule has 2 heterocycles. The first-order valence-corrected chi connectivity index (χ1v) is 7.66. The number of aromatic nitrogens is 2. The number of morpholine rings is 1. The summed E-state index contributed by atoms with van der Waals surface area (Å²) in [5.41, 5.74) is 0.757. The Labute approximate surface area is 138 Å². The molecule has 0 spiro atoms. The van der Waals surface area contributed by atoms with Crippen molar-refractivity contribution in [1.82, 2.24) is 15.1 Å². The minimum absolute atomic E-state index is 0.145. The van der Waals surface area contributed by atoms with E-state index in [-0.39, 0.29) is 29.2 Å². The zero-order valence-electron chi connectivity index (χ0n) is 13.4. The average Bonchev–Trinajstić information content (AvgIpc) is 2.96. The number of rotatable bonds is 3. The Morgan fingerprint density at radius 3 is 2.79 bits per heavy atom. The summed E-state index contributed by atoms with van der Waals surface area (Å²) >= 11 is 0. The van der Waals surface area contributed by atoms with Crippen LogP contribution in [0.15, 0.2) is 30.3 Å². The molecule has 126 valence electrons. The number of ether oxygens (including phenoxy) is 1. The fourth-order valence-electron chi connectivity index (χ4n) is 2.91. The van der Waals surface area contributed by atoms with Gasteiger partial charge in [-0.25, -0.2) is 0 Å². The molecule has 1 amide bonds. The van der Waals surface area contributed by atoms with Crippen molar-refractivity contribution < 1.29 is 14.5 Å². The van der Waals surface area contributed by atoms with Gasteiger partial charge >= 0.3 is 5.69 Å². The molecule has 0 bridgehead atoms. The number of carbonyl (C=O) groups is 1. The molecule has 1 aromatic heterocycles. The molecule has 2 aromatic rings. The number of nitrogens with zero attached hydrogens (tertiary/aromatic N) is 3. The van der Waals surface area contributed by atoms with E-state index in [1.807, 2.05) is 37.3 Å². The van der Waals surface area contributed by atoms with Gasteiger partial charge in [0.1, 0.15) is 5.69 Å². The molecular weight excluding hydrogens is 312 g/mol. The highest BCUT2D eigenvalue weighted by atomic mass is 16.6. The number of hydrogen-bond donors (Lipinski definition) is 1. The van der Waals surface area contributed by atoms with Gasteiger partial charge in [0.05, 0.1) is 23.7 Å². The van der Waals surface area contributed by atoms with Gasteiger partial charge in [-0.1, -0.05) is 30.3 Å². The third-order valence-electron chi connectivity index (χ3n) is 4.11. The predicted octanol–water partition coefficient (Wildman–Crippen LogP) is 2.23. The second kappa shape index (κ2) is 6.40. The van der Waals surface area contributed by atoms with Gasteiger partial charge in [0.2, 0.25) is 5.69 Å². The summed E-state index contributed by atoms with van der Waals surface area (Å²) in [5, 5.41) is 17.7. The zero-order valence-corrected chi connectivity index (χ0v) is 13.4. The molecule has 0 unspecified atom stereocenters. The maximum absolute atomic E-state index is 13.0. The van der Waals surface area contributed by atoms with Gasteiger partial charge in [0.15, 0.2) is 0 Å². The molecule has 0 aliphatic carbocycles. The number of amides is 1. The summed E-state index contributed by atoms with van der Waals surface area (Å²) in [6.07, 6.45) is -0.145. The van der Waals surface area contributed by atoms with Gasteiger partial charge in [-0.2, -0.15) is 5.10 Å². The maximum atomic E-state index is 13.0. The first kappa shape index (κ1) is 16.1. The highest BCUT2D eigenvalue weighted by Crippen LogP contribution is 2.30. The Morgan fingerprint density at radius 2 is 2.12 bits per heavy atom. The van der Waals surface area contributed by atoms with Gasteiger partial charge in [-0.15, -0.1) is 0 Å². The summed E-state index contributed by atoms with van der Waals surface area (Å²) < 4.78 is 5.69. The lowest BCUT2D eigenvalue weighted by Gasteiger charge is -2.38. The summed E-state index contributed by atoms with van der Waals surface area (Å²) in [6, 6.07) is 9.19. The van der Waals surface area contributed by atoms with E-state index in [1.54, 1.807) is 4.90 Å². The molecule has 1 fully saturated rings. The van der Waals surface area contributed by atoms with Crippen LogP contribution < -0.4 is 0 Å². The molecule has 1 aliphatic heterocycles. The molecule has 1 aromatic carbocycles. The second-order valence-corrected chi connectivity index (χ2v) is 5.83. The molecule has 8 nitrogen and oxygen atoms in total. The molecule has 8 heteroatoms. The third-order valence-corrected chi connectivity index (χ3v) is 4.11. The number of hydrogen-bond acceptors (Lipinski definition) is 5. The average molecular weight is 330 g/mol. The Bertz CT molecular complexity index is 759. The van der Waals surface area contributed by atoms with Crippen molar-refractivity contribution in [3.8, 4) is 0 Å². The number of carbonyl (C=O) groups excluding carboxylic acids is 1. The highest BCUT2D eigenvalue weighted by molar-refractivity contribution is 5.97. The van der Waals surface area contributed by atoms with Gasteiger partial charge in [0, 0.05) is 6.54 Å². The van der Waals surface area contributed by atoms with Crippen molar-refractivity contribution in [3.05, 3.63) is 57.4 Å². The van der Waals surface area contributed by atoms with E-state index in [0.29, 0.717) is 13.2 Å². The fourth-order valence-corrected chi connectivity index (χ4v) is 2.91. The van der Waals surface area contributed by atoms with Crippen LogP contribution in [-0.4, -0.2) is 45.2 Å². The van der Waals surface area contributed by atoms with Crippen LogP contribution in [0.5, 0.6) is 0 Å². The number of H-pyrrole nitrogens is 1. The molecule has 1 aliphatic rings. The standard InChI is InChI=1S/C16H18N4O4/c1-10-8-19(13(9-24-10)12-6-4-3-5-7-12)16(21)14-15(20(22)23)11(2)17-18-14/h3-7,10,13H,8-9H2,1-2H3,(H,17,18)/t10-,13-/m1/s1. The normalized spacial score (nSPS) is 20.8. The number of aryl methyl sites for hydroxylation is 1. The second-order valence-electron chi connectivity index (χ2n) is 5.83. The third kappa shape index (κ3) is 2.88. The van der Waals surface area contributed by atoms with Crippen LogP contribution in [0.2, 0.25) is 0 Å². The SMILES string of the molecule is Cc1[nH]nc(C(=O)N2C[C@@H](C)OC[C@@H]2c2ccccc2)c1[N+](=O)[O-]. The van der Waals surface area contributed by atoms with E-state index in [0.717, 1.165) is 5.56 Å². The van der Waals surface area contributed by atoms with E-state index in [9.17, 15) is 14.9 Å². The first-order valence-electron chi connectivity index (χ1n) is 7.66. The van der Waals surface area contributed by atoms with Gasteiger partial charge in [-0.05, 0) is 19.4 Å². The molecule has 0 radical (unpaired) electrons. The van der Waals surface area contributed by atoms with Crippen LogP contribution in [-0.2, 0) is 4.74 Å². The van der Waals surface area contributed by atoms with Crippen molar-refractivity contribution in [2.24, 2.45) is 0 Å². The molecule has 1 saturated heterocycles. The van der Waals surface area contributed by atoms with Gasteiger partial charge in [0.25, 0.3) is 5.91 Å². The van der Waals surface area contributed by atoms with Crippen LogP contribution in [0, 0.1) is 17.0 Å². The summed E-state index contributed by atoms with van der Waals surface area (Å²) in [7, 11) is 0. The quantitative estimate of drug-likeness (QED) is 0.687. The van der Waals surface area contributed by atoms with Crippen molar-refractivity contribution in [2.75, 3.05) is 13.2 Å². The van der Waals surface area contributed by atoms with Crippen LogP contribution in [0.3, 0.4) is 0 Å². The zero-order chi connectivity index (χ0) is 17.3. The summed E-state index contributed by atoms with van der Waals surface area (Å²) in [4.78, 5) is 25.2. The predicted molar refractivity (Wildman–Crippen MR) is 85.6 cm³/mol. The number of nitro groups is 1. The van der Waals surface area contributed by atoms with Crippen LogP contribution in [0.1, 0.15) is 34.7 Å². The fraction of sp³-hybridized carbons (Fsp3) is 0.375. The van der Waals surface area contributed by atoms with Gasteiger partial charge in [-0.3, -0.25) is 20.0 Å². The Balaban J connectivity index is 1.98.